The number of benzene rings is 1. The van der Waals surface area contributed by atoms with Crippen LogP contribution in [0.2, 0.25) is 0 Å². The Morgan fingerprint density at radius 1 is 1.44 bits per heavy atom. The number of ketones is 1. The molecule has 3 nitrogen and oxygen atoms in total. The second-order valence-corrected chi connectivity index (χ2v) is 5.08. The predicted octanol–water partition coefficient (Wildman–Crippen LogP) is 1.39. The highest BCUT2D eigenvalue weighted by Crippen LogP contribution is 2.09. The molecule has 1 aliphatic rings. The maximum atomic E-state index is 11.9. The van der Waals surface area contributed by atoms with E-state index in [1.165, 1.54) is 3.57 Å². The van der Waals surface area contributed by atoms with Gasteiger partial charge in [-0.25, -0.2) is 0 Å². The lowest BCUT2D eigenvalue weighted by molar-refractivity contribution is -0.131. The van der Waals surface area contributed by atoms with Gasteiger partial charge in [0, 0.05) is 23.1 Å². The van der Waals surface area contributed by atoms with Crippen LogP contribution >= 0.6 is 22.6 Å². The first kappa shape index (κ1) is 12.0. The molecule has 1 atom stereocenters. The zero-order chi connectivity index (χ0) is 11.4. The highest BCUT2D eigenvalue weighted by molar-refractivity contribution is 14.1. The monoisotopic (exact) mass is 331 g/mol. The topological polar surface area (TPSA) is 38.3 Å². The molecular formula is C12H14INO2. The van der Waals surface area contributed by atoms with Crippen molar-refractivity contribution in [3.63, 3.8) is 0 Å². The second kappa shape index (κ2) is 5.75. The summed E-state index contributed by atoms with van der Waals surface area (Å²) in [5.74, 6) is 0.161. The van der Waals surface area contributed by atoms with Crippen LogP contribution in [0.3, 0.4) is 0 Å². The lowest BCUT2D eigenvalue weighted by Gasteiger charge is -2.22. The summed E-state index contributed by atoms with van der Waals surface area (Å²) < 4.78 is 6.61. The number of carbonyl (C=O) groups is 1. The Kier molecular flexibility index (Phi) is 4.31. The lowest BCUT2D eigenvalue weighted by Crippen LogP contribution is -2.43. The maximum absolute atomic E-state index is 11.9. The molecule has 0 amide bonds. The summed E-state index contributed by atoms with van der Waals surface area (Å²) in [6, 6.07) is 8.03. The van der Waals surface area contributed by atoms with Crippen molar-refractivity contribution in [3.05, 3.63) is 33.4 Å². The third-order valence-electron chi connectivity index (χ3n) is 2.58. The minimum absolute atomic E-state index is 0.161. The highest BCUT2D eigenvalue weighted by Gasteiger charge is 2.21. The lowest BCUT2D eigenvalue weighted by atomic mass is 10.0. The Morgan fingerprint density at radius 2 is 2.19 bits per heavy atom. The van der Waals surface area contributed by atoms with Crippen molar-refractivity contribution in [2.75, 3.05) is 19.7 Å². The van der Waals surface area contributed by atoms with E-state index in [1.54, 1.807) is 0 Å². The number of hydrogen-bond donors (Lipinski definition) is 1. The third kappa shape index (κ3) is 3.26. The van der Waals surface area contributed by atoms with Gasteiger partial charge in [-0.15, -0.1) is 0 Å². The second-order valence-electron chi connectivity index (χ2n) is 3.83. The molecule has 0 saturated carbocycles. The molecule has 1 saturated heterocycles. The zero-order valence-electron chi connectivity index (χ0n) is 8.91. The fourth-order valence-corrected chi connectivity index (χ4v) is 2.05. The minimum atomic E-state index is -0.270. The van der Waals surface area contributed by atoms with Crippen molar-refractivity contribution >= 4 is 28.4 Å². The number of rotatable bonds is 3. The SMILES string of the molecule is O=C(Cc1ccc(I)cc1)C1CNCCO1. The standard InChI is InChI=1S/C12H14INO2/c13-10-3-1-9(2-4-10)7-11(15)12-8-14-5-6-16-12/h1-4,12,14H,5-8H2. The first-order chi connectivity index (χ1) is 7.75. The zero-order valence-corrected chi connectivity index (χ0v) is 11.1. The molecule has 0 radical (unpaired) electrons. The van der Waals surface area contributed by atoms with E-state index < -0.39 is 0 Å². The summed E-state index contributed by atoms with van der Waals surface area (Å²) in [6.07, 6.45) is 0.191. The molecule has 2 rings (SSSR count). The summed E-state index contributed by atoms with van der Waals surface area (Å²) in [4.78, 5) is 11.9. The fraction of sp³-hybridized carbons (Fsp3) is 0.417. The summed E-state index contributed by atoms with van der Waals surface area (Å²) in [6.45, 7) is 2.11. The number of carbonyl (C=O) groups excluding carboxylic acids is 1. The van der Waals surface area contributed by atoms with Crippen molar-refractivity contribution < 1.29 is 9.53 Å². The van der Waals surface area contributed by atoms with Gasteiger partial charge in [0.05, 0.1) is 6.61 Å². The number of ether oxygens (including phenoxy) is 1. The number of morpholine rings is 1. The van der Waals surface area contributed by atoms with Crippen LogP contribution in [-0.2, 0) is 16.0 Å². The summed E-state index contributed by atoms with van der Waals surface area (Å²) in [7, 11) is 0. The van der Waals surface area contributed by atoms with Crippen LogP contribution in [0.1, 0.15) is 5.56 Å². The Hall–Kier alpha value is -0.460. The van der Waals surface area contributed by atoms with Gasteiger partial charge in [0.2, 0.25) is 0 Å². The molecule has 0 aromatic heterocycles. The van der Waals surface area contributed by atoms with Gasteiger partial charge in [-0.05, 0) is 40.3 Å². The molecule has 4 heteroatoms. The van der Waals surface area contributed by atoms with Crippen molar-refractivity contribution in [1.82, 2.24) is 5.32 Å². The van der Waals surface area contributed by atoms with Crippen molar-refractivity contribution in [2.24, 2.45) is 0 Å². The predicted molar refractivity (Wildman–Crippen MR) is 70.5 cm³/mol. The van der Waals surface area contributed by atoms with Gasteiger partial charge >= 0.3 is 0 Å². The maximum Gasteiger partial charge on any atom is 0.167 e. The van der Waals surface area contributed by atoms with E-state index in [4.69, 9.17) is 4.74 Å². The van der Waals surface area contributed by atoms with Crippen LogP contribution in [0.5, 0.6) is 0 Å². The smallest absolute Gasteiger partial charge is 0.167 e. The average molecular weight is 331 g/mol. The van der Waals surface area contributed by atoms with Gasteiger partial charge in [-0.3, -0.25) is 4.79 Å². The Balaban J connectivity index is 1.93. The molecule has 16 heavy (non-hydrogen) atoms. The molecule has 1 fully saturated rings. The summed E-state index contributed by atoms with van der Waals surface area (Å²) in [5, 5.41) is 3.16. The fourth-order valence-electron chi connectivity index (χ4n) is 1.69. The molecule has 86 valence electrons. The first-order valence-corrected chi connectivity index (χ1v) is 6.43. The van der Waals surface area contributed by atoms with Crippen LogP contribution in [0.4, 0.5) is 0 Å². The van der Waals surface area contributed by atoms with Crippen LogP contribution in [0.15, 0.2) is 24.3 Å². The summed E-state index contributed by atoms with van der Waals surface area (Å²) >= 11 is 2.25. The summed E-state index contributed by atoms with van der Waals surface area (Å²) in [5.41, 5.74) is 1.06. The molecule has 0 bridgehead atoms. The van der Waals surface area contributed by atoms with E-state index in [0.717, 1.165) is 12.1 Å². The van der Waals surface area contributed by atoms with E-state index in [0.29, 0.717) is 19.6 Å². The normalized spacial score (nSPS) is 20.7. The van der Waals surface area contributed by atoms with Gasteiger partial charge in [0.25, 0.3) is 0 Å². The van der Waals surface area contributed by atoms with Crippen molar-refractivity contribution in [3.8, 4) is 0 Å². The molecule has 1 aliphatic heterocycles. The van der Waals surface area contributed by atoms with E-state index in [2.05, 4.69) is 27.9 Å². The Bertz CT molecular complexity index is 358. The number of hydrogen-bond acceptors (Lipinski definition) is 3. The van der Waals surface area contributed by atoms with E-state index in [1.807, 2.05) is 24.3 Å². The number of nitrogens with one attached hydrogen (secondary N) is 1. The quantitative estimate of drug-likeness (QED) is 0.851. The van der Waals surface area contributed by atoms with E-state index in [9.17, 15) is 4.79 Å². The first-order valence-electron chi connectivity index (χ1n) is 5.35. The largest absolute Gasteiger partial charge is 0.368 e. The van der Waals surface area contributed by atoms with Gasteiger partial charge in [0.1, 0.15) is 6.10 Å². The third-order valence-corrected chi connectivity index (χ3v) is 3.30. The van der Waals surface area contributed by atoms with Crippen LogP contribution in [-0.4, -0.2) is 31.6 Å². The van der Waals surface area contributed by atoms with E-state index >= 15 is 0 Å². The molecule has 0 spiro atoms. The minimum Gasteiger partial charge on any atom is -0.368 e. The van der Waals surface area contributed by atoms with Crippen LogP contribution < -0.4 is 5.32 Å². The molecule has 1 N–H and O–H groups in total. The molecule has 1 aromatic rings. The van der Waals surface area contributed by atoms with Crippen LogP contribution in [0, 0.1) is 3.57 Å². The van der Waals surface area contributed by atoms with Gasteiger partial charge < -0.3 is 10.1 Å². The van der Waals surface area contributed by atoms with Gasteiger partial charge in [0.15, 0.2) is 5.78 Å². The average Bonchev–Trinajstić information content (AvgIpc) is 2.33. The van der Waals surface area contributed by atoms with Gasteiger partial charge in [-0.2, -0.15) is 0 Å². The highest BCUT2D eigenvalue weighted by atomic mass is 127. The van der Waals surface area contributed by atoms with Crippen molar-refractivity contribution in [1.29, 1.82) is 0 Å². The molecule has 0 aliphatic carbocycles. The van der Waals surface area contributed by atoms with Crippen molar-refractivity contribution in [2.45, 2.75) is 12.5 Å². The Morgan fingerprint density at radius 3 is 2.81 bits per heavy atom. The molecule has 1 unspecified atom stereocenters. The number of Topliss-reactive ketones (excluding diaryl/α,β-unsaturated/α-hetero) is 1. The molecule has 1 aromatic carbocycles. The Labute approximate surface area is 109 Å². The van der Waals surface area contributed by atoms with E-state index in [-0.39, 0.29) is 11.9 Å². The molecule has 1 heterocycles. The number of halogens is 1. The van der Waals surface area contributed by atoms with Gasteiger partial charge in [-0.1, -0.05) is 12.1 Å². The molecular weight excluding hydrogens is 317 g/mol. The van der Waals surface area contributed by atoms with Crippen LogP contribution in [0.25, 0.3) is 0 Å².